The Balaban J connectivity index is 2.13. The lowest BCUT2D eigenvalue weighted by atomic mass is 10.0. The summed E-state index contributed by atoms with van der Waals surface area (Å²) in [4.78, 5) is 20.2. The first-order valence-corrected chi connectivity index (χ1v) is 7.11. The number of aromatic nitrogens is 2. The second-order valence-electron chi connectivity index (χ2n) is 4.65. The number of carbonyl (C=O) groups is 1. The van der Waals surface area contributed by atoms with Gasteiger partial charge in [-0.2, -0.15) is 0 Å². The van der Waals surface area contributed by atoms with Crippen LogP contribution in [0.3, 0.4) is 0 Å². The highest BCUT2D eigenvalue weighted by Crippen LogP contribution is 2.24. The van der Waals surface area contributed by atoms with E-state index in [1.54, 1.807) is 17.1 Å². The van der Waals surface area contributed by atoms with Crippen LogP contribution in [0.5, 0.6) is 0 Å². The Morgan fingerprint density at radius 1 is 1.37 bits per heavy atom. The molecule has 0 N–H and O–H groups in total. The van der Waals surface area contributed by atoms with Crippen molar-refractivity contribution in [3.63, 3.8) is 0 Å². The molecule has 1 atom stereocenters. The minimum atomic E-state index is -0.391. The molecule has 0 fully saturated rings. The Bertz CT molecular complexity index is 512. The lowest BCUT2D eigenvalue weighted by molar-refractivity contribution is 0.0231. The standard InChI is InChI=1S/C14H16N2O2S/c1-10(2)7-13(11-5-3-4-6-15-11)18-14(17)12-8-19-9-16-12/h3-6,8-10,13H,7H2,1-2H3/t13-/m1/s1. The maximum atomic E-state index is 12.0. The van der Waals surface area contributed by atoms with Crippen molar-refractivity contribution in [1.29, 1.82) is 0 Å². The minimum absolute atomic E-state index is 0.324. The Hall–Kier alpha value is -1.75. The third-order valence-electron chi connectivity index (χ3n) is 2.59. The predicted molar refractivity (Wildman–Crippen MR) is 74.0 cm³/mol. The number of thiazole rings is 1. The number of hydrogen-bond acceptors (Lipinski definition) is 5. The van der Waals surface area contributed by atoms with Gasteiger partial charge in [-0.05, 0) is 24.5 Å². The fourth-order valence-corrected chi connectivity index (χ4v) is 2.25. The number of rotatable bonds is 5. The molecule has 0 unspecified atom stereocenters. The SMILES string of the molecule is CC(C)C[C@@H](OC(=O)c1cscn1)c1ccccn1. The number of hydrogen-bond donors (Lipinski definition) is 0. The van der Waals surface area contributed by atoms with E-state index in [1.165, 1.54) is 11.3 Å². The number of carbonyl (C=O) groups excluding carboxylic acids is 1. The molecule has 2 aromatic rings. The topological polar surface area (TPSA) is 52.1 Å². The van der Waals surface area contributed by atoms with Crippen LogP contribution in [0.25, 0.3) is 0 Å². The first-order chi connectivity index (χ1) is 9.16. The number of pyridine rings is 1. The molecule has 2 heterocycles. The molecule has 100 valence electrons. The normalized spacial score (nSPS) is 12.4. The van der Waals surface area contributed by atoms with Crippen LogP contribution in [0.2, 0.25) is 0 Å². The molecule has 2 rings (SSSR count). The molecule has 2 aromatic heterocycles. The van der Waals surface area contributed by atoms with Crippen molar-refractivity contribution in [1.82, 2.24) is 9.97 Å². The molecule has 0 aromatic carbocycles. The number of esters is 1. The van der Waals surface area contributed by atoms with Crippen LogP contribution in [0.15, 0.2) is 35.3 Å². The molecule has 0 bridgehead atoms. The average Bonchev–Trinajstić information content (AvgIpc) is 2.92. The minimum Gasteiger partial charge on any atom is -0.451 e. The van der Waals surface area contributed by atoms with Gasteiger partial charge in [-0.1, -0.05) is 19.9 Å². The fourth-order valence-electron chi connectivity index (χ4n) is 1.73. The highest BCUT2D eigenvalue weighted by molar-refractivity contribution is 7.07. The van der Waals surface area contributed by atoms with Crippen LogP contribution < -0.4 is 0 Å². The van der Waals surface area contributed by atoms with Gasteiger partial charge in [0, 0.05) is 11.6 Å². The van der Waals surface area contributed by atoms with Gasteiger partial charge in [-0.25, -0.2) is 9.78 Å². The first-order valence-electron chi connectivity index (χ1n) is 6.17. The average molecular weight is 276 g/mol. The van der Waals surface area contributed by atoms with Gasteiger partial charge in [0.1, 0.15) is 6.10 Å². The number of ether oxygens (including phenoxy) is 1. The monoisotopic (exact) mass is 276 g/mol. The van der Waals surface area contributed by atoms with Gasteiger partial charge in [0.05, 0.1) is 11.2 Å². The second kappa shape index (κ2) is 6.43. The van der Waals surface area contributed by atoms with Crippen LogP contribution in [0.1, 0.15) is 42.6 Å². The van der Waals surface area contributed by atoms with Crippen LogP contribution >= 0.6 is 11.3 Å². The Morgan fingerprint density at radius 2 is 2.21 bits per heavy atom. The number of nitrogens with zero attached hydrogens (tertiary/aromatic N) is 2. The molecule has 5 heteroatoms. The zero-order valence-electron chi connectivity index (χ0n) is 10.9. The lowest BCUT2D eigenvalue weighted by Crippen LogP contribution is -2.15. The summed E-state index contributed by atoms with van der Waals surface area (Å²) in [5.41, 5.74) is 2.75. The van der Waals surface area contributed by atoms with Crippen molar-refractivity contribution >= 4 is 17.3 Å². The molecule has 0 aliphatic carbocycles. The summed E-state index contributed by atoms with van der Waals surface area (Å²) >= 11 is 1.38. The van der Waals surface area contributed by atoms with Gasteiger partial charge in [0.2, 0.25) is 0 Å². The molecule has 19 heavy (non-hydrogen) atoms. The molecule has 0 aliphatic rings. The quantitative estimate of drug-likeness (QED) is 0.784. The molecule has 0 aliphatic heterocycles. The van der Waals surface area contributed by atoms with Crippen LogP contribution in [0.4, 0.5) is 0 Å². The first kappa shape index (κ1) is 13.7. The summed E-state index contributed by atoms with van der Waals surface area (Å²) in [6.07, 6.45) is 2.13. The van der Waals surface area contributed by atoms with Crippen LogP contribution in [-0.2, 0) is 4.74 Å². The van der Waals surface area contributed by atoms with Crippen LogP contribution in [0, 0.1) is 5.92 Å². The Labute approximate surface area is 116 Å². The smallest absolute Gasteiger partial charge is 0.358 e. The molecular weight excluding hydrogens is 260 g/mol. The van der Waals surface area contributed by atoms with E-state index in [4.69, 9.17) is 4.74 Å². The van der Waals surface area contributed by atoms with Crippen molar-refractivity contribution in [3.8, 4) is 0 Å². The van der Waals surface area contributed by atoms with Gasteiger partial charge >= 0.3 is 5.97 Å². The van der Waals surface area contributed by atoms with Crippen molar-refractivity contribution in [2.75, 3.05) is 0 Å². The van der Waals surface area contributed by atoms with Crippen molar-refractivity contribution in [2.24, 2.45) is 5.92 Å². The summed E-state index contributed by atoms with van der Waals surface area (Å²) in [6, 6.07) is 5.62. The molecule has 0 radical (unpaired) electrons. The van der Waals surface area contributed by atoms with E-state index >= 15 is 0 Å². The highest BCUT2D eigenvalue weighted by atomic mass is 32.1. The van der Waals surface area contributed by atoms with E-state index < -0.39 is 5.97 Å². The summed E-state index contributed by atoms with van der Waals surface area (Å²) in [7, 11) is 0. The molecule has 0 saturated carbocycles. The lowest BCUT2D eigenvalue weighted by Gasteiger charge is -2.18. The van der Waals surface area contributed by atoms with E-state index in [1.807, 2.05) is 18.2 Å². The van der Waals surface area contributed by atoms with Gasteiger partial charge in [0.15, 0.2) is 5.69 Å². The van der Waals surface area contributed by atoms with Crippen LogP contribution in [-0.4, -0.2) is 15.9 Å². The van der Waals surface area contributed by atoms with E-state index in [2.05, 4.69) is 23.8 Å². The summed E-state index contributed by atoms with van der Waals surface area (Å²) < 4.78 is 5.53. The molecule has 4 nitrogen and oxygen atoms in total. The van der Waals surface area contributed by atoms with Crippen molar-refractivity contribution in [3.05, 3.63) is 46.7 Å². The third-order valence-corrected chi connectivity index (χ3v) is 3.18. The summed E-state index contributed by atoms with van der Waals surface area (Å²) in [5, 5.41) is 1.69. The zero-order chi connectivity index (χ0) is 13.7. The van der Waals surface area contributed by atoms with E-state index in [9.17, 15) is 4.79 Å². The van der Waals surface area contributed by atoms with Crippen molar-refractivity contribution in [2.45, 2.75) is 26.4 Å². The van der Waals surface area contributed by atoms with E-state index in [0.717, 1.165) is 12.1 Å². The Kier molecular flexibility index (Phi) is 4.63. The predicted octanol–water partition coefficient (Wildman–Crippen LogP) is 3.48. The highest BCUT2D eigenvalue weighted by Gasteiger charge is 2.21. The van der Waals surface area contributed by atoms with Gasteiger partial charge in [-0.3, -0.25) is 4.98 Å². The second-order valence-corrected chi connectivity index (χ2v) is 5.37. The maximum Gasteiger partial charge on any atom is 0.358 e. The molecular formula is C14H16N2O2S. The molecule has 0 amide bonds. The maximum absolute atomic E-state index is 12.0. The van der Waals surface area contributed by atoms with Gasteiger partial charge < -0.3 is 4.74 Å². The Morgan fingerprint density at radius 3 is 2.79 bits per heavy atom. The van der Waals surface area contributed by atoms with Crippen molar-refractivity contribution < 1.29 is 9.53 Å². The molecule has 0 saturated heterocycles. The summed E-state index contributed by atoms with van der Waals surface area (Å²) in [6.45, 7) is 4.18. The largest absolute Gasteiger partial charge is 0.451 e. The fraction of sp³-hybridized carbons (Fsp3) is 0.357. The van der Waals surface area contributed by atoms with E-state index in [0.29, 0.717) is 11.6 Å². The third kappa shape index (κ3) is 3.86. The van der Waals surface area contributed by atoms with Gasteiger partial charge in [-0.15, -0.1) is 11.3 Å². The molecule has 0 spiro atoms. The van der Waals surface area contributed by atoms with E-state index in [-0.39, 0.29) is 6.10 Å². The summed E-state index contributed by atoms with van der Waals surface area (Å²) in [5.74, 6) is 0.0211. The van der Waals surface area contributed by atoms with Gasteiger partial charge in [0.25, 0.3) is 0 Å². The zero-order valence-corrected chi connectivity index (χ0v) is 11.8.